The van der Waals surface area contributed by atoms with Crippen LogP contribution in [0.25, 0.3) is 0 Å². The van der Waals surface area contributed by atoms with Crippen molar-refractivity contribution in [1.82, 2.24) is 9.80 Å². The summed E-state index contributed by atoms with van der Waals surface area (Å²) >= 11 is 1.97. The van der Waals surface area contributed by atoms with Gasteiger partial charge in [-0.1, -0.05) is 6.42 Å². The molecule has 2 nitrogen and oxygen atoms in total. The molecule has 0 amide bonds. The van der Waals surface area contributed by atoms with E-state index in [1.165, 1.54) is 56.7 Å². The second kappa shape index (κ2) is 5.94. The largest absolute Gasteiger partial charge is 0.299 e. The molecule has 0 aliphatic carbocycles. The van der Waals surface area contributed by atoms with Crippen LogP contribution in [-0.2, 0) is 0 Å². The fourth-order valence-corrected chi connectivity index (χ4v) is 4.57. The van der Waals surface area contributed by atoms with E-state index in [1.54, 1.807) is 4.88 Å². The fourth-order valence-electron chi connectivity index (χ4n) is 3.61. The van der Waals surface area contributed by atoms with Crippen molar-refractivity contribution in [2.45, 2.75) is 51.6 Å². The van der Waals surface area contributed by atoms with E-state index in [-0.39, 0.29) is 0 Å². The first-order valence-electron chi connectivity index (χ1n) is 7.78. The summed E-state index contributed by atoms with van der Waals surface area (Å²) in [6, 6.07) is 6.01. The van der Waals surface area contributed by atoms with E-state index in [4.69, 9.17) is 0 Å². The molecular weight excluding hydrogens is 252 g/mol. The quantitative estimate of drug-likeness (QED) is 0.814. The van der Waals surface area contributed by atoms with E-state index in [9.17, 15) is 0 Å². The van der Waals surface area contributed by atoms with Crippen LogP contribution < -0.4 is 0 Å². The van der Waals surface area contributed by atoms with Crippen molar-refractivity contribution in [2.75, 3.05) is 26.2 Å². The highest BCUT2D eigenvalue weighted by Gasteiger charge is 2.29. The number of piperidine rings is 1. The number of fused-ring (bicyclic) bond motifs is 1. The first-order chi connectivity index (χ1) is 9.24. The van der Waals surface area contributed by atoms with E-state index in [2.05, 4.69) is 35.8 Å². The highest BCUT2D eigenvalue weighted by atomic mass is 32.1. The summed E-state index contributed by atoms with van der Waals surface area (Å²) in [5.74, 6) is 0. The molecule has 2 saturated heterocycles. The van der Waals surface area contributed by atoms with Gasteiger partial charge in [-0.15, -0.1) is 11.3 Å². The van der Waals surface area contributed by atoms with Gasteiger partial charge in [0.1, 0.15) is 0 Å². The second-order valence-corrected chi connectivity index (χ2v) is 7.48. The molecule has 0 bridgehead atoms. The predicted molar refractivity (Wildman–Crippen MR) is 82.9 cm³/mol. The Morgan fingerprint density at radius 1 is 1.16 bits per heavy atom. The number of rotatable bonds is 2. The Balaban J connectivity index is 1.70. The number of hydrogen-bond donors (Lipinski definition) is 0. The van der Waals surface area contributed by atoms with Gasteiger partial charge in [-0.3, -0.25) is 9.80 Å². The third-order valence-electron chi connectivity index (χ3n) is 4.81. The zero-order chi connectivity index (χ0) is 13.2. The molecule has 3 rings (SSSR count). The molecule has 0 N–H and O–H groups in total. The number of hydrogen-bond acceptors (Lipinski definition) is 3. The van der Waals surface area contributed by atoms with Crippen molar-refractivity contribution in [3.05, 3.63) is 21.9 Å². The average molecular weight is 278 g/mol. The lowest BCUT2D eigenvalue weighted by Crippen LogP contribution is -2.44. The molecule has 106 valence electrons. The van der Waals surface area contributed by atoms with Gasteiger partial charge in [-0.05, 0) is 58.3 Å². The minimum Gasteiger partial charge on any atom is -0.299 e. The van der Waals surface area contributed by atoms with Gasteiger partial charge in [-0.25, -0.2) is 0 Å². The van der Waals surface area contributed by atoms with Crippen molar-refractivity contribution < 1.29 is 0 Å². The summed E-state index contributed by atoms with van der Waals surface area (Å²) in [5, 5.41) is 0. The minimum atomic E-state index is 0.598. The van der Waals surface area contributed by atoms with Crippen molar-refractivity contribution >= 4 is 11.3 Å². The smallest absolute Gasteiger partial charge is 0.0414 e. The maximum absolute atomic E-state index is 2.75. The molecule has 0 spiro atoms. The number of aryl methyl sites for hydroxylation is 1. The Morgan fingerprint density at radius 2 is 2.00 bits per heavy atom. The van der Waals surface area contributed by atoms with Gasteiger partial charge in [0.25, 0.3) is 0 Å². The SMILES string of the molecule is Cc1ccc(C(C)N2CCCN3CCCCC3C2)s1. The lowest BCUT2D eigenvalue weighted by atomic mass is 10.0. The Hall–Kier alpha value is -0.380. The van der Waals surface area contributed by atoms with E-state index in [0.717, 1.165) is 6.04 Å². The van der Waals surface area contributed by atoms with Gasteiger partial charge < -0.3 is 0 Å². The lowest BCUT2D eigenvalue weighted by molar-refractivity contribution is 0.124. The van der Waals surface area contributed by atoms with Gasteiger partial charge in [-0.2, -0.15) is 0 Å². The molecule has 0 radical (unpaired) electrons. The van der Waals surface area contributed by atoms with Crippen molar-refractivity contribution in [1.29, 1.82) is 0 Å². The molecule has 2 atom stereocenters. The predicted octanol–water partition coefficient (Wildman–Crippen LogP) is 3.68. The molecule has 0 saturated carbocycles. The molecule has 19 heavy (non-hydrogen) atoms. The zero-order valence-electron chi connectivity index (χ0n) is 12.3. The Kier molecular flexibility index (Phi) is 4.25. The van der Waals surface area contributed by atoms with Crippen molar-refractivity contribution in [2.24, 2.45) is 0 Å². The van der Waals surface area contributed by atoms with Gasteiger partial charge in [0.05, 0.1) is 0 Å². The third-order valence-corrected chi connectivity index (χ3v) is 5.98. The minimum absolute atomic E-state index is 0.598. The van der Waals surface area contributed by atoms with Gasteiger partial charge in [0.15, 0.2) is 0 Å². The van der Waals surface area contributed by atoms with Gasteiger partial charge in [0.2, 0.25) is 0 Å². The highest BCUT2D eigenvalue weighted by molar-refractivity contribution is 7.12. The van der Waals surface area contributed by atoms with E-state index >= 15 is 0 Å². The lowest BCUT2D eigenvalue weighted by Gasteiger charge is -2.36. The summed E-state index contributed by atoms with van der Waals surface area (Å²) in [7, 11) is 0. The van der Waals surface area contributed by atoms with E-state index in [0.29, 0.717) is 6.04 Å². The van der Waals surface area contributed by atoms with Crippen molar-refractivity contribution in [3.8, 4) is 0 Å². The molecule has 2 aliphatic rings. The van der Waals surface area contributed by atoms with Crippen molar-refractivity contribution in [3.63, 3.8) is 0 Å². The summed E-state index contributed by atoms with van der Waals surface area (Å²) < 4.78 is 0. The van der Waals surface area contributed by atoms with Crippen LogP contribution in [0, 0.1) is 6.92 Å². The first kappa shape index (κ1) is 13.6. The molecule has 1 aromatic heterocycles. The summed E-state index contributed by atoms with van der Waals surface area (Å²) in [5.41, 5.74) is 0. The van der Waals surface area contributed by atoms with E-state index in [1.807, 2.05) is 11.3 Å². The van der Waals surface area contributed by atoms with Gasteiger partial charge >= 0.3 is 0 Å². The number of nitrogens with zero attached hydrogens (tertiary/aromatic N) is 2. The normalized spacial score (nSPS) is 27.8. The zero-order valence-corrected chi connectivity index (χ0v) is 13.1. The first-order valence-corrected chi connectivity index (χ1v) is 8.60. The van der Waals surface area contributed by atoms with Crippen LogP contribution in [0.3, 0.4) is 0 Å². The van der Waals surface area contributed by atoms with E-state index < -0.39 is 0 Å². The van der Waals surface area contributed by atoms with Crippen LogP contribution >= 0.6 is 11.3 Å². The molecule has 1 aromatic rings. The summed E-state index contributed by atoms with van der Waals surface area (Å²) in [6.07, 6.45) is 5.59. The standard InChI is InChI=1S/C16H26N2S/c1-13-7-8-16(19-13)14(2)18-11-5-10-17-9-4-3-6-15(17)12-18/h7-8,14-15H,3-6,9-12H2,1-2H3. The summed E-state index contributed by atoms with van der Waals surface area (Å²) in [4.78, 5) is 8.45. The maximum Gasteiger partial charge on any atom is 0.0414 e. The van der Waals surface area contributed by atoms with Crippen LogP contribution in [0.1, 0.15) is 48.4 Å². The molecular formula is C16H26N2S. The Morgan fingerprint density at radius 3 is 2.79 bits per heavy atom. The summed E-state index contributed by atoms with van der Waals surface area (Å²) in [6.45, 7) is 9.81. The molecule has 3 heterocycles. The molecule has 2 fully saturated rings. The topological polar surface area (TPSA) is 6.48 Å². The van der Waals surface area contributed by atoms with Crippen LogP contribution in [0.4, 0.5) is 0 Å². The maximum atomic E-state index is 2.75. The van der Waals surface area contributed by atoms with Crippen LogP contribution in [0.5, 0.6) is 0 Å². The Labute approximate surface area is 121 Å². The second-order valence-electron chi connectivity index (χ2n) is 6.16. The Bertz CT molecular complexity index is 415. The fraction of sp³-hybridized carbons (Fsp3) is 0.750. The van der Waals surface area contributed by atoms with Crippen LogP contribution in [0.2, 0.25) is 0 Å². The van der Waals surface area contributed by atoms with Gasteiger partial charge in [0, 0.05) is 34.9 Å². The third kappa shape index (κ3) is 3.04. The molecule has 2 unspecified atom stereocenters. The average Bonchev–Trinajstić information content (AvgIpc) is 2.74. The highest BCUT2D eigenvalue weighted by Crippen LogP contribution is 2.30. The van der Waals surface area contributed by atoms with Crippen LogP contribution in [0.15, 0.2) is 12.1 Å². The monoisotopic (exact) mass is 278 g/mol. The molecule has 3 heteroatoms. The molecule has 2 aliphatic heterocycles. The molecule has 0 aromatic carbocycles. The van der Waals surface area contributed by atoms with Crippen LogP contribution in [-0.4, -0.2) is 42.0 Å². The number of thiophene rings is 1.